The molecule has 0 amide bonds. The van der Waals surface area contributed by atoms with Crippen LogP contribution in [0.1, 0.15) is 11.1 Å². The lowest BCUT2D eigenvalue weighted by Gasteiger charge is -2.06. The van der Waals surface area contributed by atoms with Crippen molar-refractivity contribution in [2.24, 2.45) is 0 Å². The van der Waals surface area contributed by atoms with E-state index in [0.29, 0.717) is 0 Å². The molecule has 94 valence electrons. The fourth-order valence-corrected chi connectivity index (χ4v) is 2.05. The summed E-state index contributed by atoms with van der Waals surface area (Å²) >= 11 is 0. The molecule has 0 aliphatic carbocycles. The molecule has 0 bridgehead atoms. The number of nitrogens with zero attached hydrogens (tertiary/aromatic N) is 2. The maximum Gasteiger partial charge on any atom is 0.132 e. The first-order valence-electron chi connectivity index (χ1n) is 6.28. The number of hydrogen-bond acceptors (Lipinski definition) is 3. The van der Waals surface area contributed by atoms with Gasteiger partial charge in [0, 0.05) is 11.6 Å². The van der Waals surface area contributed by atoms with Crippen LogP contribution in [0.15, 0.2) is 48.7 Å². The molecule has 1 N–H and O–H groups in total. The molecule has 0 aliphatic heterocycles. The lowest BCUT2D eigenvalue weighted by atomic mass is 10.1. The third kappa shape index (κ3) is 2.55. The summed E-state index contributed by atoms with van der Waals surface area (Å²) in [4.78, 5) is 8.87. The van der Waals surface area contributed by atoms with Crippen molar-refractivity contribution >= 4 is 22.5 Å². The molecule has 0 aliphatic rings. The van der Waals surface area contributed by atoms with Crippen molar-refractivity contribution in [2.45, 2.75) is 13.8 Å². The van der Waals surface area contributed by atoms with Gasteiger partial charge in [0.2, 0.25) is 0 Å². The van der Waals surface area contributed by atoms with Crippen molar-refractivity contribution in [1.29, 1.82) is 0 Å². The summed E-state index contributed by atoms with van der Waals surface area (Å²) in [6, 6.07) is 14.3. The van der Waals surface area contributed by atoms with Crippen LogP contribution in [0.5, 0.6) is 0 Å². The van der Waals surface area contributed by atoms with Gasteiger partial charge in [-0.15, -0.1) is 0 Å². The van der Waals surface area contributed by atoms with Gasteiger partial charge in [-0.2, -0.15) is 0 Å². The predicted molar refractivity (Wildman–Crippen MR) is 78.7 cm³/mol. The van der Waals surface area contributed by atoms with E-state index >= 15 is 0 Å². The summed E-state index contributed by atoms with van der Waals surface area (Å²) in [5.74, 6) is 1.63. The van der Waals surface area contributed by atoms with Crippen molar-refractivity contribution in [3.63, 3.8) is 0 Å². The van der Waals surface area contributed by atoms with E-state index in [9.17, 15) is 0 Å². The van der Waals surface area contributed by atoms with E-state index in [1.54, 1.807) is 6.20 Å². The van der Waals surface area contributed by atoms with Crippen molar-refractivity contribution in [2.75, 3.05) is 5.32 Å². The minimum Gasteiger partial charge on any atom is -0.325 e. The van der Waals surface area contributed by atoms with Gasteiger partial charge in [-0.25, -0.2) is 9.97 Å². The zero-order chi connectivity index (χ0) is 13.2. The molecule has 3 aromatic rings. The predicted octanol–water partition coefficient (Wildman–Crippen LogP) is 3.99. The maximum absolute atomic E-state index is 4.59. The monoisotopic (exact) mass is 249 g/mol. The van der Waals surface area contributed by atoms with Gasteiger partial charge >= 0.3 is 0 Å². The molecule has 0 saturated heterocycles. The largest absolute Gasteiger partial charge is 0.325 e. The Hall–Kier alpha value is -2.42. The average molecular weight is 249 g/mol. The number of hydrogen-bond donors (Lipinski definition) is 1. The minimum atomic E-state index is 0.814. The van der Waals surface area contributed by atoms with Gasteiger partial charge in [-0.05, 0) is 55.8 Å². The fraction of sp³-hybridized carbons (Fsp3) is 0.125. The second kappa shape index (κ2) is 4.69. The van der Waals surface area contributed by atoms with Gasteiger partial charge in [0.15, 0.2) is 0 Å². The van der Waals surface area contributed by atoms with Crippen molar-refractivity contribution in [3.05, 3.63) is 59.8 Å². The highest BCUT2D eigenvalue weighted by Gasteiger charge is 2.00. The lowest BCUT2D eigenvalue weighted by molar-refractivity contribution is 1.25. The smallest absolute Gasteiger partial charge is 0.132 e. The van der Waals surface area contributed by atoms with Crippen molar-refractivity contribution < 1.29 is 0 Å². The van der Waals surface area contributed by atoms with E-state index in [-0.39, 0.29) is 0 Å². The Bertz CT molecular complexity index is 735. The highest BCUT2D eigenvalue weighted by atomic mass is 15.0. The van der Waals surface area contributed by atoms with Crippen LogP contribution in [0.25, 0.3) is 10.9 Å². The first kappa shape index (κ1) is 11.7. The topological polar surface area (TPSA) is 37.8 Å². The van der Waals surface area contributed by atoms with Gasteiger partial charge in [0.05, 0.1) is 5.52 Å². The number of pyridine rings is 2. The Labute approximate surface area is 112 Å². The molecule has 0 fully saturated rings. The Morgan fingerprint density at radius 1 is 0.842 bits per heavy atom. The highest BCUT2D eigenvalue weighted by molar-refractivity contribution is 5.81. The van der Waals surface area contributed by atoms with Crippen LogP contribution in [-0.4, -0.2) is 9.97 Å². The summed E-state index contributed by atoms with van der Waals surface area (Å²) in [5.41, 5.74) is 3.41. The summed E-state index contributed by atoms with van der Waals surface area (Å²) in [7, 11) is 0. The molecule has 0 saturated carbocycles. The zero-order valence-corrected chi connectivity index (χ0v) is 11.0. The lowest BCUT2D eigenvalue weighted by Crippen LogP contribution is -1.96. The number of fused-ring (bicyclic) bond motifs is 1. The minimum absolute atomic E-state index is 0.814. The van der Waals surface area contributed by atoms with Crippen LogP contribution in [0.4, 0.5) is 11.6 Å². The normalized spacial score (nSPS) is 10.6. The molecule has 0 atom stereocenters. The van der Waals surface area contributed by atoms with Crippen LogP contribution in [-0.2, 0) is 0 Å². The number of aromatic nitrogens is 2. The van der Waals surface area contributed by atoms with E-state index in [0.717, 1.165) is 22.5 Å². The van der Waals surface area contributed by atoms with E-state index in [1.165, 1.54) is 11.1 Å². The number of nitrogens with one attached hydrogen (secondary N) is 1. The molecule has 3 heteroatoms. The Morgan fingerprint density at radius 3 is 2.53 bits per heavy atom. The average Bonchev–Trinajstić information content (AvgIpc) is 2.39. The van der Waals surface area contributed by atoms with E-state index in [2.05, 4.69) is 40.4 Å². The van der Waals surface area contributed by atoms with E-state index in [4.69, 9.17) is 0 Å². The standard InChI is InChI=1S/C16H15N3/c1-11-3-5-14-13(9-11)4-6-15(18-14)19-16-10-12(2)7-8-17-16/h3-10H,1-2H3,(H,17,18,19). The summed E-state index contributed by atoms with van der Waals surface area (Å²) in [5, 5.41) is 4.38. The summed E-state index contributed by atoms with van der Waals surface area (Å²) in [6.07, 6.45) is 1.79. The summed E-state index contributed by atoms with van der Waals surface area (Å²) < 4.78 is 0. The van der Waals surface area contributed by atoms with Crippen molar-refractivity contribution in [1.82, 2.24) is 9.97 Å². The van der Waals surface area contributed by atoms with Gasteiger partial charge in [-0.3, -0.25) is 0 Å². The molecule has 19 heavy (non-hydrogen) atoms. The van der Waals surface area contributed by atoms with Crippen LogP contribution >= 0.6 is 0 Å². The Morgan fingerprint density at radius 2 is 1.68 bits per heavy atom. The molecule has 0 radical (unpaired) electrons. The molecule has 1 aromatic carbocycles. The van der Waals surface area contributed by atoms with Crippen LogP contribution in [0, 0.1) is 13.8 Å². The first-order chi connectivity index (χ1) is 9.20. The number of benzene rings is 1. The summed E-state index contributed by atoms with van der Waals surface area (Å²) in [6.45, 7) is 4.13. The molecule has 2 heterocycles. The number of anilines is 2. The zero-order valence-electron chi connectivity index (χ0n) is 11.0. The molecular formula is C16H15N3. The SMILES string of the molecule is Cc1ccnc(Nc2ccc3cc(C)ccc3n2)c1. The molecule has 0 unspecified atom stereocenters. The maximum atomic E-state index is 4.59. The molecule has 2 aromatic heterocycles. The fourth-order valence-electron chi connectivity index (χ4n) is 2.05. The second-order valence-corrected chi connectivity index (χ2v) is 4.74. The first-order valence-corrected chi connectivity index (χ1v) is 6.28. The molecular weight excluding hydrogens is 234 g/mol. The number of rotatable bonds is 2. The molecule has 0 spiro atoms. The van der Waals surface area contributed by atoms with Gasteiger partial charge in [-0.1, -0.05) is 11.6 Å². The Kier molecular flexibility index (Phi) is 2.88. The van der Waals surface area contributed by atoms with Crippen LogP contribution in [0.3, 0.4) is 0 Å². The van der Waals surface area contributed by atoms with E-state index in [1.807, 2.05) is 31.2 Å². The third-order valence-corrected chi connectivity index (χ3v) is 3.02. The van der Waals surface area contributed by atoms with Crippen LogP contribution < -0.4 is 5.32 Å². The number of aryl methyl sites for hydroxylation is 2. The Balaban J connectivity index is 1.95. The molecule has 3 nitrogen and oxygen atoms in total. The van der Waals surface area contributed by atoms with Crippen LogP contribution in [0.2, 0.25) is 0 Å². The second-order valence-electron chi connectivity index (χ2n) is 4.74. The van der Waals surface area contributed by atoms with Gasteiger partial charge < -0.3 is 5.32 Å². The highest BCUT2D eigenvalue weighted by Crippen LogP contribution is 2.19. The van der Waals surface area contributed by atoms with E-state index < -0.39 is 0 Å². The molecule has 3 rings (SSSR count). The third-order valence-electron chi connectivity index (χ3n) is 3.02. The van der Waals surface area contributed by atoms with Gasteiger partial charge in [0.25, 0.3) is 0 Å². The van der Waals surface area contributed by atoms with Crippen molar-refractivity contribution in [3.8, 4) is 0 Å². The van der Waals surface area contributed by atoms with Gasteiger partial charge in [0.1, 0.15) is 11.6 Å². The quantitative estimate of drug-likeness (QED) is 0.746.